The van der Waals surface area contributed by atoms with Gasteiger partial charge in [0.25, 0.3) is 0 Å². The first-order chi connectivity index (χ1) is 13.7. The fourth-order valence-corrected chi connectivity index (χ4v) is 3.57. The van der Waals surface area contributed by atoms with Gasteiger partial charge in [0.05, 0.1) is 18.1 Å². The number of alkyl halides is 3. The molecule has 156 valence electrons. The normalized spacial score (nSPS) is 21.4. The molecule has 7 nitrogen and oxygen atoms in total. The molecule has 0 saturated carbocycles. The van der Waals surface area contributed by atoms with Gasteiger partial charge in [-0.05, 0) is 24.0 Å². The van der Waals surface area contributed by atoms with Crippen LogP contribution in [-0.2, 0) is 11.3 Å². The van der Waals surface area contributed by atoms with E-state index in [0.717, 1.165) is 38.4 Å². The topological polar surface area (TPSA) is 82.5 Å². The molecule has 0 unspecified atom stereocenters. The molecular formula is C18H19F4N5O2. The molecule has 4 heterocycles. The fourth-order valence-electron chi connectivity index (χ4n) is 3.57. The van der Waals surface area contributed by atoms with Gasteiger partial charge in [0.15, 0.2) is 5.82 Å². The van der Waals surface area contributed by atoms with Crippen molar-refractivity contribution in [1.29, 1.82) is 0 Å². The second kappa shape index (κ2) is 8.68. The Balaban J connectivity index is 0.000000298. The predicted molar refractivity (Wildman–Crippen MR) is 94.4 cm³/mol. The fraction of sp³-hybridized carbons (Fsp3) is 0.444. The van der Waals surface area contributed by atoms with E-state index in [0.29, 0.717) is 17.8 Å². The first-order valence-electron chi connectivity index (χ1n) is 8.87. The summed E-state index contributed by atoms with van der Waals surface area (Å²) >= 11 is 0. The minimum atomic E-state index is -5.08. The first-order valence-corrected chi connectivity index (χ1v) is 8.87. The van der Waals surface area contributed by atoms with Crippen LogP contribution in [0.2, 0.25) is 0 Å². The monoisotopic (exact) mass is 413 g/mol. The predicted octanol–water partition coefficient (Wildman–Crippen LogP) is 2.21. The molecule has 11 heteroatoms. The Morgan fingerprint density at radius 3 is 2.14 bits per heavy atom. The number of carboxylic acids is 1. The summed E-state index contributed by atoms with van der Waals surface area (Å²) in [6.07, 6.45) is -0.756. The molecule has 0 radical (unpaired) electrons. The molecular weight excluding hydrogens is 394 g/mol. The lowest BCUT2D eigenvalue weighted by Gasteiger charge is -2.21. The SMILES string of the molecule is Fc1cnc(N2C[C@H]3CN(Cc4ccccn4)C[C@H]3C2)nc1.O=C(O)C(F)(F)F. The van der Waals surface area contributed by atoms with Crippen molar-refractivity contribution in [1.82, 2.24) is 19.9 Å². The van der Waals surface area contributed by atoms with E-state index in [1.54, 1.807) is 0 Å². The molecule has 0 bridgehead atoms. The molecule has 2 aromatic heterocycles. The molecule has 2 saturated heterocycles. The number of halogens is 4. The number of aliphatic carboxylic acids is 1. The van der Waals surface area contributed by atoms with Crippen LogP contribution in [0.3, 0.4) is 0 Å². The van der Waals surface area contributed by atoms with Crippen molar-refractivity contribution in [2.24, 2.45) is 11.8 Å². The Hall–Kier alpha value is -2.82. The van der Waals surface area contributed by atoms with E-state index >= 15 is 0 Å². The molecule has 1 N–H and O–H groups in total. The average Bonchev–Trinajstić information content (AvgIpc) is 3.21. The zero-order chi connectivity index (χ0) is 21.0. The van der Waals surface area contributed by atoms with Crippen LogP contribution in [0.25, 0.3) is 0 Å². The Kier molecular flexibility index (Phi) is 6.26. The molecule has 2 aromatic rings. The van der Waals surface area contributed by atoms with Gasteiger partial charge in [-0.15, -0.1) is 0 Å². The highest BCUT2D eigenvalue weighted by atomic mass is 19.4. The van der Waals surface area contributed by atoms with Gasteiger partial charge in [-0.2, -0.15) is 13.2 Å². The van der Waals surface area contributed by atoms with Crippen LogP contribution in [0.15, 0.2) is 36.8 Å². The molecule has 2 fully saturated rings. The van der Waals surface area contributed by atoms with Gasteiger partial charge in [-0.1, -0.05) is 6.07 Å². The molecule has 2 aliphatic rings. The first kappa shape index (κ1) is 20.9. The van der Waals surface area contributed by atoms with Crippen LogP contribution in [0.1, 0.15) is 5.69 Å². The van der Waals surface area contributed by atoms with Gasteiger partial charge in [-0.3, -0.25) is 9.88 Å². The Morgan fingerprint density at radius 1 is 1.07 bits per heavy atom. The molecule has 29 heavy (non-hydrogen) atoms. The molecule has 2 aliphatic heterocycles. The van der Waals surface area contributed by atoms with E-state index in [1.165, 1.54) is 12.4 Å². The van der Waals surface area contributed by atoms with Crippen LogP contribution in [0.4, 0.5) is 23.5 Å². The number of hydrogen-bond donors (Lipinski definition) is 1. The highest BCUT2D eigenvalue weighted by molar-refractivity contribution is 5.73. The number of nitrogens with zero attached hydrogens (tertiary/aromatic N) is 5. The number of fused-ring (bicyclic) bond motifs is 1. The molecule has 0 aromatic carbocycles. The third-order valence-corrected chi connectivity index (χ3v) is 4.81. The zero-order valence-electron chi connectivity index (χ0n) is 15.3. The third-order valence-electron chi connectivity index (χ3n) is 4.81. The van der Waals surface area contributed by atoms with Crippen molar-refractivity contribution in [3.63, 3.8) is 0 Å². The molecule has 2 atom stereocenters. The van der Waals surface area contributed by atoms with E-state index in [1.807, 2.05) is 18.3 Å². The van der Waals surface area contributed by atoms with Crippen molar-refractivity contribution >= 4 is 11.9 Å². The summed E-state index contributed by atoms with van der Waals surface area (Å²) < 4.78 is 44.6. The summed E-state index contributed by atoms with van der Waals surface area (Å²) in [5.74, 6) is -1.22. The molecule has 0 amide bonds. The second-order valence-electron chi connectivity index (χ2n) is 6.94. The van der Waals surface area contributed by atoms with Crippen LogP contribution in [0, 0.1) is 17.7 Å². The minimum absolute atomic E-state index is 0.385. The number of likely N-dealkylation sites (tertiary alicyclic amines) is 1. The van der Waals surface area contributed by atoms with E-state index in [2.05, 4.69) is 30.8 Å². The van der Waals surface area contributed by atoms with Crippen molar-refractivity contribution in [3.05, 3.63) is 48.3 Å². The summed E-state index contributed by atoms with van der Waals surface area (Å²) in [4.78, 5) is 26.1. The summed E-state index contributed by atoms with van der Waals surface area (Å²) in [5.41, 5.74) is 1.13. The molecule has 0 spiro atoms. The number of hydrogen-bond acceptors (Lipinski definition) is 6. The van der Waals surface area contributed by atoms with Crippen molar-refractivity contribution in [3.8, 4) is 0 Å². The maximum atomic E-state index is 12.9. The quantitative estimate of drug-likeness (QED) is 0.773. The lowest BCUT2D eigenvalue weighted by molar-refractivity contribution is -0.192. The largest absolute Gasteiger partial charge is 0.490 e. The summed E-state index contributed by atoms with van der Waals surface area (Å²) in [7, 11) is 0. The van der Waals surface area contributed by atoms with Crippen molar-refractivity contribution in [2.45, 2.75) is 12.7 Å². The van der Waals surface area contributed by atoms with Gasteiger partial charge in [-0.25, -0.2) is 19.2 Å². The smallest absolute Gasteiger partial charge is 0.475 e. The lowest BCUT2D eigenvalue weighted by Crippen LogP contribution is -2.29. The van der Waals surface area contributed by atoms with Gasteiger partial charge >= 0.3 is 12.1 Å². The van der Waals surface area contributed by atoms with Crippen molar-refractivity contribution < 1.29 is 27.5 Å². The number of carboxylic acid groups (broad SMARTS) is 1. The lowest BCUT2D eigenvalue weighted by atomic mass is 10.0. The second-order valence-corrected chi connectivity index (χ2v) is 6.94. The molecule has 4 rings (SSSR count). The van der Waals surface area contributed by atoms with Crippen LogP contribution in [0.5, 0.6) is 0 Å². The summed E-state index contributed by atoms with van der Waals surface area (Å²) in [6, 6.07) is 6.06. The Labute approximate surface area is 164 Å². The van der Waals surface area contributed by atoms with Gasteiger partial charge in [0.1, 0.15) is 0 Å². The van der Waals surface area contributed by atoms with E-state index in [-0.39, 0.29) is 5.82 Å². The number of anilines is 1. The van der Waals surface area contributed by atoms with E-state index in [9.17, 15) is 17.6 Å². The van der Waals surface area contributed by atoms with Gasteiger partial charge < -0.3 is 10.0 Å². The summed E-state index contributed by atoms with van der Waals surface area (Å²) in [5, 5.41) is 7.12. The highest BCUT2D eigenvalue weighted by Crippen LogP contribution is 2.33. The average molecular weight is 413 g/mol. The zero-order valence-corrected chi connectivity index (χ0v) is 15.3. The number of carbonyl (C=O) groups is 1. The van der Waals surface area contributed by atoms with Gasteiger partial charge in [0.2, 0.25) is 5.95 Å². The van der Waals surface area contributed by atoms with E-state index in [4.69, 9.17) is 9.90 Å². The number of pyridine rings is 1. The van der Waals surface area contributed by atoms with Crippen molar-refractivity contribution in [2.75, 3.05) is 31.1 Å². The van der Waals surface area contributed by atoms with Crippen LogP contribution >= 0.6 is 0 Å². The minimum Gasteiger partial charge on any atom is -0.475 e. The Morgan fingerprint density at radius 2 is 1.66 bits per heavy atom. The van der Waals surface area contributed by atoms with E-state index < -0.39 is 12.1 Å². The highest BCUT2D eigenvalue weighted by Gasteiger charge is 2.40. The van der Waals surface area contributed by atoms with Crippen LogP contribution in [-0.4, -0.2) is 63.3 Å². The maximum Gasteiger partial charge on any atom is 0.490 e. The van der Waals surface area contributed by atoms with Crippen LogP contribution < -0.4 is 4.90 Å². The third kappa shape index (κ3) is 5.59. The molecule has 0 aliphatic carbocycles. The number of aromatic nitrogens is 3. The number of rotatable bonds is 3. The van der Waals surface area contributed by atoms with Gasteiger partial charge in [0, 0.05) is 38.9 Å². The Bertz CT molecular complexity index is 805. The standard InChI is InChI=1S/C16H18FN5.C2HF3O2/c17-14-5-19-16(20-6-14)22-9-12-7-21(8-13(12)10-22)11-15-3-1-2-4-18-15;3-2(4,5)1(6)7/h1-6,12-13H,7-11H2;(H,6,7)/t12-,13+;. The summed E-state index contributed by atoms with van der Waals surface area (Å²) in [6.45, 7) is 4.99. The maximum absolute atomic E-state index is 12.9.